The highest BCUT2D eigenvalue weighted by molar-refractivity contribution is 7.92. The molecule has 2 aromatic carbocycles. The van der Waals surface area contributed by atoms with Crippen LogP contribution >= 0.6 is 0 Å². The standard InChI is InChI=1S/C19H16F2N2O4S/c1-11-14(5-8-19(24)22-11)15-10-13(23-28(2,25)26)4-7-17(15)27-18-6-3-12(20)9-16(18)21/h3-10,23H,1-2H3,(H,22,24). The number of aromatic amines is 1. The first-order chi connectivity index (χ1) is 13.1. The summed E-state index contributed by atoms with van der Waals surface area (Å²) in [5.74, 6) is -1.63. The van der Waals surface area contributed by atoms with E-state index in [0.717, 1.165) is 18.4 Å². The van der Waals surface area contributed by atoms with Gasteiger partial charge in [0.15, 0.2) is 11.6 Å². The highest BCUT2D eigenvalue weighted by atomic mass is 32.2. The number of sulfonamides is 1. The first-order valence-corrected chi connectivity index (χ1v) is 9.96. The normalized spacial score (nSPS) is 11.3. The third-order valence-electron chi connectivity index (χ3n) is 3.80. The van der Waals surface area contributed by atoms with Crippen molar-refractivity contribution >= 4 is 15.7 Å². The number of aryl methyl sites for hydroxylation is 1. The molecule has 6 nitrogen and oxygen atoms in total. The topological polar surface area (TPSA) is 88.3 Å². The summed E-state index contributed by atoms with van der Waals surface area (Å²) in [5, 5.41) is 0. The van der Waals surface area contributed by atoms with Crippen LogP contribution < -0.4 is 15.0 Å². The fraction of sp³-hybridized carbons (Fsp3) is 0.105. The van der Waals surface area contributed by atoms with Gasteiger partial charge in [-0.3, -0.25) is 9.52 Å². The fourth-order valence-corrected chi connectivity index (χ4v) is 3.21. The summed E-state index contributed by atoms with van der Waals surface area (Å²) < 4.78 is 58.2. The van der Waals surface area contributed by atoms with Crippen molar-refractivity contribution in [3.63, 3.8) is 0 Å². The lowest BCUT2D eigenvalue weighted by Gasteiger charge is -2.15. The second kappa shape index (κ2) is 7.43. The number of hydrogen-bond acceptors (Lipinski definition) is 4. The van der Waals surface area contributed by atoms with Crippen LogP contribution in [0.3, 0.4) is 0 Å². The summed E-state index contributed by atoms with van der Waals surface area (Å²) in [5.41, 5.74) is 1.42. The largest absolute Gasteiger partial charge is 0.454 e. The summed E-state index contributed by atoms with van der Waals surface area (Å²) in [6, 6.07) is 10.2. The summed E-state index contributed by atoms with van der Waals surface area (Å²) in [4.78, 5) is 14.2. The van der Waals surface area contributed by atoms with Gasteiger partial charge in [-0.15, -0.1) is 0 Å². The van der Waals surface area contributed by atoms with Crippen LogP contribution in [0.5, 0.6) is 11.5 Å². The van der Waals surface area contributed by atoms with Gasteiger partial charge in [0.25, 0.3) is 0 Å². The molecule has 0 aliphatic heterocycles. The van der Waals surface area contributed by atoms with E-state index >= 15 is 0 Å². The summed E-state index contributed by atoms with van der Waals surface area (Å²) in [6.07, 6.45) is 1.01. The van der Waals surface area contributed by atoms with Crippen molar-refractivity contribution in [2.75, 3.05) is 11.0 Å². The van der Waals surface area contributed by atoms with E-state index in [1.807, 2.05) is 0 Å². The van der Waals surface area contributed by atoms with Gasteiger partial charge in [-0.25, -0.2) is 17.2 Å². The van der Waals surface area contributed by atoms with Crippen molar-refractivity contribution in [3.8, 4) is 22.6 Å². The van der Waals surface area contributed by atoms with Crippen molar-refractivity contribution in [3.05, 3.63) is 76.2 Å². The number of hydrogen-bond donors (Lipinski definition) is 2. The SMILES string of the molecule is Cc1[nH]c(=O)ccc1-c1cc(NS(C)(=O)=O)ccc1Oc1ccc(F)cc1F. The van der Waals surface area contributed by atoms with Gasteiger partial charge in [0.2, 0.25) is 15.6 Å². The van der Waals surface area contributed by atoms with Crippen LogP contribution in [0.25, 0.3) is 11.1 Å². The minimum atomic E-state index is -3.53. The van der Waals surface area contributed by atoms with E-state index in [9.17, 15) is 22.0 Å². The molecule has 0 aliphatic carbocycles. The number of anilines is 1. The first kappa shape index (κ1) is 19.6. The molecule has 0 atom stereocenters. The van der Waals surface area contributed by atoms with Crippen molar-refractivity contribution in [2.45, 2.75) is 6.92 Å². The molecule has 0 spiro atoms. The smallest absolute Gasteiger partial charge is 0.248 e. The van der Waals surface area contributed by atoms with Gasteiger partial charge in [-0.2, -0.15) is 0 Å². The highest BCUT2D eigenvalue weighted by Crippen LogP contribution is 2.37. The molecule has 0 fully saturated rings. The molecule has 0 saturated heterocycles. The monoisotopic (exact) mass is 406 g/mol. The van der Waals surface area contributed by atoms with Gasteiger partial charge in [-0.05, 0) is 43.3 Å². The van der Waals surface area contributed by atoms with Crippen LogP contribution in [0.2, 0.25) is 0 Å². The molecular formula is C19H16F2N2O4S. The maximum Gasteiger partial charge on any atom is 0.248 e. The second-order valence-electron chi connectivity index (χ2n) is 6.12. The molecular weight excluding hydrogens is 390 g/mol. The summed E-state index contributed by atoms with van der Waals surface area (Å²) >= 11 is 0. The molecule has 0 aliphatic rings. The highest BCUT2D eigenvalue weighted by Gasteiger charge is 2.15. The van der Waals surface area contributed by atoms with E-state index in [1.54, 1.807) is 13.0 Å². The Morgan fingerprint density at radius 3 is 2.32 bits per heavy atom. The first-order valence-electron chi connectivity index (χ1n) is 8.07. The average molecular weight is 406 g/mol. The van der Waals surface area contributed by atoms with Gasteiger partial charge in [0.05, 0.1) is 6.26 Å². The Kier molecular flexibility index (Phi) is 5.19. The lowest BCUT2D eigenvalue weighted by atomic mass is 10.0. The van der Waals surface area contributed by atoms with Gasteiger partial charge >= 0.3 is 0 Å². The molecule has 28 heavy (non-hydrogen) atoms. The third kappa shape index (κ3) is 4.55. The van der Waals surface area contributed by atoms with E-state index in [2.05, 4.69) is 9.71 Å². The van der Waals surface area contributed by atoms with Gasteiger partial charge < -0.3 is 9.72 Å². The molecule has 0 amide bonds. The molecule has 1 heterocycles. The minimum Gasteiger partial charge on any atom is -0.454 e. The quantitative estimate of drug-likeness (QED) is 0.675. The van der Waals surface area contributed by atoms with E-state index in [-0.39, 0.29) is 22.7 Å². The molecule has 3 rings (SSSR count). The number of aromatic nitrogens is 1. The molecule has 0 unspecified atom stereocenters. The van der Waals surface area contributed by atoms with Crippen LogP contribution in [-0.2, 0) is 10.0 Å². The van der Waals surface area contributed by atoms with Crippen LogP contribution in [0.15, 0.2) is 53.3 Å². The molecule has 3 aromatic rings. The Balaban J connectivity index is 2.14. The zero-order valence-electron chi connectivity index (χ0n) is 14.9. The van der Waals surface area contributed by atoms with Gasteiger partial charge in [0.1, 0.15) is 11.6 Å². The molecule has 1 aromatic heterocycles. The number of ether oxygens (including phenoxy) is 1. The Morgan fingerprint density at radius 2 is 1.68 bits per heavy atom. The maximum atomic E-state index is 14.0. The number of benzene rings is 2. The van der Waals surface area contributed by atoms with E-state index < -0.39 is 21.7 Å². The Labute approximate surface area is 159 Å². The third-order valence-corrected chi connectivity index (χ3v) is 4.41. The zero-order chi connectivity index (χ0) is 20.5. The molecule has 146 valence electrons. The van der Waals surface area contributed by atoms with Crippen LogP contribution in [0.1, 0.15) is 5.69 Å². The lowest BCUT2D eigenvalue weighted by molar-refractivity contribution is 0.439. The second-order valence-corrected chi connectivity index (χ2v) is 7.87. The Hall–Kier alpha value is -3.20. The molecule has 9 heteroatoms. The van der Waals surface area contributed by atoms with Crippen molar-refractivity contribution < 1.29 is 21.9 Å². The molecule has 0 bridgehead atoms. The van der Waals surface area contributed by atoms with Crippen LogP contribution in [0, 0.1) is 18.6 Å². The number of H-pyrrole nitrogens is 1. The number of nitrogens with one attached hydrogen (secondary N) is 2. The fourth-order valence-electron chi connectivity index (χ4n) is 2.65. The number of pyridine rings is 1. The van der Waals surface area contributed by atoms with E-state index in [1.165, 1.54) is 24.3 Å². The minimum absolute atomic E-state index is 0.194. The molecule has 0 radical (unpaired) electrons. The van der Waals surface area contributed by atoms with Crippen molar-refractivity contribution in [2.24, 2.45) is 0 Å². The van der Waals surface area contributed by atoms with Gasteiger partial charge in [0, 0.05) is 34.6 Å². The predicted molar refractivity (Wildman–Crippen MR) is 102 cm³/mol. The Bertz CT molecular complexity index is 1210. The maximum absolute atomic E-state index is 14.0. The van der Waals surface area contributed by atoms with E-state index in [4.69, 9.17) is 4.74 Å². The number of halogens is 2. The Morgan fingerprint density at radius 1 is 0.964 bits per heavy atom. The van der Waals surface area contributed by atoms with Crippen LogP contribution in [-0.4, -0.2) is 19.7 Å². The molecule has 2 N–H and O–H groups in total. The molecule has 0 saturated carbocycles. The average Bonchev–Trinajstić information content (AvgIpc) is 2.57. The summed E-state index contributed by atoms with van der Waals surface area (Å²) in [6.45, 7) is 1.66. The van der Waals surface area contributed by atoms with Crippen molar-refractivity contribution in [1.29, 1.82) is 0 Å². The van der Waals surface area contributed by atoms with E-state index in [0.29, 0.717) is 22.9 Å². The van der Waals surface area contributed by atoms with Crippen LogP contribution in [0.4, 0.5) is 14.5 Å². The van der Waals surface area contributed by atoms with Crippen molar-refractivity contribution in [1.82, 2.24) is 4.98 Å². The predicted octanol–water partition coefficient (Wildman–Crippen LogP) is 3.79. The lowest BCUT2D eigenvalue weighted by Crippen LogP contribution is -2.10. The zero-order valence-corrected chi connectivity index (χ0v) is 15.7. The number of rotatable bonds is 5. The van der Waals surface area contributed by atoms with Gasteiger partial charge in [-0.1, -0.05) is 0 Å². The summed E-state index contributed by atoms with van der Waals surface area (Å²) in [7, 11) is -3.53.